The van der Waals surface area contributed by atoms with Crippen molar-refractivity contribution >= 4 is 11.7 Å². The second kappa shape index (κ2) is 12.8. The number of carbonyl (C=O) groups is 1. The zero-order valence-corrected chi connectivity index (χ0v) is 15.6. The Morgan fingerprint density at radius 2 is 1.96 bits per heavy atom. The van der Waals surface area contributed by atoms with Gasteiger partial charge < -0.3 is 15.4 Å². The maximum absolute atomic E-state index is 11.9. The van der Waals surface area contributed by atoms with Gasteiger partial charge in [0.15, 0.2) is 0 Å². The number of hydrogen-bond acceptors (Lipinski definition) is 2. The highest BCUT2D eigenvalue weighted by molar-refractivity contribution is 5.90. The first-order valence-corrected chi connectivity index (χ1v) is 9.41. The molecule has 0 saturated heterocycles. The van der Waals surface area contributed by atoms with Gasteiger partial charge in [-0.15, -0.1) is 0 Å². The van der Waals surface area contributed by atoms with Crippen molar-refractivity contribution in [3.05, 3.63) is 29.8 Å². The van der Waals surface area contributed by atoms with Gasteiger partial charge in [0.25, 0.3) is 0 Å². The van der Waals surface area contributed by atoms with E-state index in [0.29, 0.717) is 19.1 Å². The quantitative estimate of drug-likeness (QED) is 0.529. The fraction of sp³-hybridized carbons (Fsp3) is 0.650. The Morgan fingerprint density at radius 1 is 1.17 bits per heavy atom. The lowest BCUT2D eigenvalue weighted by molar-refractivity contribution is 0.0925. The van der Waals surface area contributed by atoms with Crippen LogP contribution in [0.25, 0.3) is 0 Å². The number of amides is 2. The smallest absolute Gasteiger partial charge is 0.319 e. The third-order valence-corrected chi connectivity index (χ3v) is 4.29. The van der Waals surface area contributed by atoms with Gasteiger partial charge in [-0.3, -0.25) is 0 Å². The first-order valence-electron chi connectivity index (χ1n) is 9.41. The lowest BCUT2D eigenvalue weighted by Gasteiger charge is -2.15. The Kier molecular flexibility index (Phi) is 10.9. The lowest BCUT2D eigenvalue weighted by Crippen LogP contribution is -2.30. The highest BCUT2D eigenvalue weighted by Crippen LogP contribution is 2.15. The minimum absolute atomic E-state index is 0.148. The van der Waals surface area contributed by atoms with Crippen LogP contribution in [0.5, 0.6) is 0 Å². The fourth-order valence-electron chi connectivity index (χ4n) is 2.64. The summed E-state index contributed by atoms with van der Waals surface area (Å²) >= 11 is 0. The Hall–Kier alpha value is -1.55. The average molecular weight is 335 g/mol. The highest BCUT2D eigenvalue weighted by atomic mass is 16.5. The Morgan fingerprint density at radius 3 is 2.67 bits per heavy atom. The summed E-state index contributed by atoms with van der Waals surface area (Å²) < 4.78 is 5.75. The Bertz CT molecular complexity index is 463. The van der Waals surface area contributed by atoms with Crippen molar-refractivity contribution in [3.8, 4) is 0 Å². The van der Waals surface area contributed by atoms with E-state index in [-0.39, 0.29) is 6.03 Å². The summed E-state index contributed by atoms with van der Waals surface area (Å²) in [5.41, 5.74) is 2.03. The predicted molar refractivity (Wildman–Crippen MR) is 102 cm³/mol. The second-order valence-electron chi connectivity index (χ2n) is 6.24. The standard InChI is InChI=1S/C20H34N2O2/c1-4-7-11-17(5-2)16-24-15-10-14-21-20(23)22-19-13-9-8-12-18(19)6-3/h8-9,12-13,17H,4-7,10-11,14-16H2,1-3H3,(H2,21,22,23). The van der Waals surface area contributed by atoms with Crippen LogP contribution in [-0.4, -0.2) is 25.8 Å². The Balaban J connectivity index is 2.13. The number of ether oxygens (including phenoxy) is 1. The van der Waals surface area contributed by atoms with E-state index in [0.717, 1.165) is 30.7 Å². The molecule has 136 valence electrons. The summed E-state index contributed by atoms with van der Waals surface area (Å²) in [6.45, 7) is 8.71. The molecule has 0 bridgehead atoms. The van der Waals surface area contributed by atoms with Crippen LogP contribution in [0, 0.1) is 5.92 Å². The second-order valence-corrected chi connectivity index (χ2v) is 6.24. The summed E-state index contributed by atoms with van der Waals surface area (Å²) in [4.78, 5) is 11.9. The lowest BCUT2D eigenvalue weighted by atomic mass is 10.0. The molecule has 0 spiro atoms. The molecule has 24 heavy (non-hydrogen) atoms. The highest BCUT2D eigenvalue weighted by Gasteiger charge is 2.06. The minimum atomic E-state index is -0.148. The monoisotopic (exact) mass is 334 g/mol. The van der Waals surface area contributed by atoms with Crippen LogP contribution in [0.3, 0.4) is 0 Å². The number of rotatable bonds is 12. The zero-order chi connectivity index (χ0) is 17.6. The van der Waals surface area contributed by atoms with Crippen LogP contribution in [0.1, 0.15) is 58.4 Å². The minimum Gasteiger partial charge on any atom is -0.381 e. The molecule has 0 aliphatic heterocycles. The summed E-state index contributed by atoms with van der Waals surface area (Å²) in [7, 11) is 0. The molecule has 4 nitrogen and oxygen atoms in total. The molecule has 0 saturated carbocycles. The molecule has 0 aliphatic carbocycles. The van der Waals surface area contributed by atoms with Crippen LogP contribution < -0.4 is 10.6 Å². The number of hydrogen-bond donors (Lipinski definition) is 2. The van der Waals surface area contributed by atoms with Crippen molar-refractivity contribution in [2.24, 2.45) is 5.92 Å². The van der Waals surface area contributed by atoms with Gasteiger partial charge in [-0.2, -0.15) is 0 Å². The van der Waals surface area contributed by atoms with E-state index in [2.05, 4.69) is 31.4 Å². The van der Waals surface area contributed by atoms with Crippen molar-refractivity contribution < 1.29 is 9.53 Å². The van der Waals surface area contributed by atoms with E-state index in [4.69, 9.17) is 4.74 Å². The predicted octanol–water partition coefficient (Wildman–Crippen LogP) is 4.99. The topological polar surface area (TPSA) is 50.4 Å². The van der Waals surface area contributed by atoms with Gasteiger partial charge in [0, 0.05) is 25.4 Å². The number of anilines is 1. The van der Waals surface area contributed by atoms with Gasteiger partial charge in [-0.05, 0) is 36.8 Å². The van der Waals surface area contributed by atoms with Crippen LogP contribution in [0.15, 0.2) is 24.3 Å². The maximum atomic E-state index is 11.9. The van der Waals surface area contributed by atoms with Crippen molar-refractivity contribution in [2.45, 2.75) is 59.3 Å². The molecule has 0 fully saturated rings. The van der Waals surface area contributed by atoms with Gasteiger partial charge in [-0.1, -0.05) is 58.2 Å². The van der Waals surface area contributed by atoms with Gasteiger partial charge in [0.1, 0.15) is 0 Å². The number of nitrogens with one attached hydrogen (secondary N) is 2. The molecule has 4 heteroatoms. The molecule has 0 aromatic heterocycles. The van der Waals surface area contributed by atoms with Crippen molar-refractivity contribution in [1.29, 1.82) is 0 Å². The van der Waals surface area contributed by atoms with Gasteiger partial charge in [0.2, 0.25) is 0 Å². The third kappa shape index (κ3) is 8.34. The molecule has 0 heterocycles. The molecule has 1 aromatic rings. The van der Waals surface area contributed by atoms with Crippen molar-refractivity contribution in [2.75, 3.05) is 25.1 Å². The molecule has 2 amide bonds. The van der Waals surface area contributed by atoms with E-state index in [1.54, 1.807) is 0 Å². The van der Waals surface area contributed by atoms with E-state index in [9.17, 15) is 4.79 Å². The van der Waals surface area contributed by atoms with Crippen LogP contribution in [-0.2, 0) is 11.2 Å². The van der Waals surface area contributed by atoms with E-state index in [1.807, 2.05) is 24.3 Å². The van der Waals surface area contributed by atoms with Gasteiger partial charge >= 0.3 is 6.03 Å². The van der Waals surface area contributed by atoms with Crippen LogP contribution in [0.4, 0.5) is 10.5 Å². The van der Waals surface area contributed by atoms with Gasteiger partial charge in [0.05, 0.1) is 0 Å². The molecule has 1 rings (SSSR count). The number of benzene rings is 1. The van der Waals surface area contributed by atoms with Crippen molar-refractivity contribution in [3.63, 3.8) is 0 Å². The number of aryl methyl sites for hydroxylation is 1. The molecule has 1 unspecified atom stereocenters. The number of urea groups is 1. The van der Waals surface area contributed by atoms with E-state index >= 15 is 0 Å². The fourth-order valence-corrected chi connectivity index (χ4v) is 2.64. The number of para-hydroxylation sites is 1. The Labute approximate surface area is 147 Å². The molecule has 1 atom stereocenters. The first-order chi connectivity index (χ1) is 11.7. The maximum Gasteiger partial charge on any atom is 0.319 e. The van der Waals surface area contributed by atoms with Gasteiger partial charge in [-0.25, -0.2) is 4.79 Å². The van der Waals surface area contributed by atoms with Crippen LogP contribution in [0.2, 0.25) is 0 Å². The SMILES string of the molecule is CCCCC(CC)COCCCNC(=O)Nc1ccccc1CC. The summed E-state index contributed by atoms with van der Waals surface area (Å²) in [6, 6.07) is 7.74. The summed E-state index contributed by atoms with van der Waals surface area (Å²) in [5, 5.41) is 5.80. The van der Waals surface area contributed by atoms with E-state index < -0.39 is 0 Å². The summed E-state index contributed by atoms with van der Waals surface area (Å²) in [6.07, 6.45) is 6.70. The molecule has 1 aromatic carbocycles. The normalized spacial score (nSPS) is 12.0. The molecule has 0 aliphatic rings. The van der Waals surface area contributed by atoms with E-state index in [1.165, 1.54) is 25.7 Å². The molecular formula is C20H34N2O2. The largest absolute Gasteiger partial charge is 0.381 e. The van der Waals surface area contributed by atoms with Crippen LogP contribution >= 0.6 is 0 Å². The summed E-state index contributed by atoms with van der Waals surface area (Å²) in [5.74, 6) is 0.673. The zero-order valence-electron chi connectivity index (χ0n) is 15.6. The first kappa shape index (κ1) is 20.5. The number of unbranched alkanes of at least 4 members (excludes halogenated alkanes) is 1. The average Bonchev–Trinajstić information content (AvgIpc) is 2.61. The molecular weight excluding hydrogens is 300 g/mol. The molecule has 2 N–H and O–H groups in total. The third-order valence-electron chi connectivity index (χ3n) is 4.29. The number of carbonyl (C=O) groups excluding carboxylic acids is 1. The van der Waals surface area contributed by atoms with Crippen molar-refractivity contribution in [1.82, 2.24) is 5.32 Å². The molecule has 0 radical (unpaired) electrons.